The third-order valence-electron chi connectivity index (χ3n) is 3.67. The van der Waals surface area contributed by atoms with Crippen LogP contribution in [0.3, 0.4) is 0 Å². The van der Waals surface area contributed by atoms with Gasteiger partial charge in [-0.05, 0) is 18.6 Å². The van der Waals surface area contributed by atoms with Gasteiger partial charge in [-0.2, -0.15) is 0 Å². The van der Waals surface area contributed by atoms with Crippen molar-refractivity contribution in [2.24, 2.45) is 0 Å². The number of rotatable bonds is 6. The van der Waals surface area contributed by atoms with Crippen molar-refractivity contribution >= 4 is 17.8 Å². The summed E-state index contributed by atoms with van der Waals surface area (Å²) in [6.45, 7) is 2.20. The van der Waals surface area contributed by atoms with Crippen LogP contribution in [0.2, 0.25) is 0 Å². The van der Waals surface area contributed by atoms with Crippen molar-refractivity contribution in [3.05, 3.63) is 72.4 Å². The number of aromatic nitrogens is 2. The Morgan fingerprint density at radius 1 is 1.24 bits per heavy atom. The van der Waals surface area contributed by atoms with E-state index in [-0.39, 0.29) is 11.8 Å². The molecule has 25 heavy (non-hydrogen) atoms. The third-order valence-corrected chi connectivity index (χ3v) is 3.67. The van der Waals surface area contributed by atoms with Crippen LogP contribution in [0.1, 0.15) is 22.8 Å². The first kappa shape index (κ1) is 16.5. The lowest BCUT2D eigenvalue weighted by Crippen LogP contribution is -2.41. The van der Waals surface area contributed by atoms with Crippen LogP contribution in [0.4, 0.5) is 5.95 Å². The highest BCUT2D eigenvalue weighted by Gasteiger charge is 2.18. The largest absolute Gasteiger partial charge is 0.472 e. The zero-order chi connectivity index (χ0) is 17.6. The lowest BCUT2D eigenvalue weighted by molar-refractivity contribution is -0.117. The zero-order valence-corrected chi connectivity index (χ0v) is 13.7. The molecule has 2 N–H and O–H groups in total. The van der Waals surface area contributed by atoms with Crippen LogP contribution in [0, 0.1) is 0 Å². The van der Waals surface area contributed by atoms with E-state index < -0.39 is 6.04 Å². The zero-order valence-electron chi connectivity index (χ0n) is 13.7. The second-order valence-corrected chi connectivity index (χ2v) is 5.56. The highest BCUT2D eigenvalue weighted by Crippen LogP contribution is 2.10. The minimum absolute atomic E-state index is 0.350. The number of hydrogen-bond acceptors (Lipinski definition) is 4. The van der Waals surface area contributed by atoms with Crippen molar-refractivity contribution in [2.45, 2.75) is 19.5 Å². The molecule has 0 spiro atoms. The first-order valence-electron chi connectivity index (χ1n) is 7.82. The average Bonchev–Trinajstić information content (AvgIpc) is 3.28. The van der Waals surface area contributed by atoms with Crippen molar-refractivity contribution in [3.63, 3.8) is 0 Å². The molecule has 0 aliphatic rings. The number of amides is 2. The predicted molar refractivity (Wildman–Crippen MR) is 92.0 cm³/mol. The van der Waals surface area contributed by atoms with Crippen molar-refractivity contribution < 1.29 is 14.0 Å². The lowest BCUT2D eigenvalue weighted by Gasteiger charge is -2.14. The summed E-state index contributed by atoms with van der Waals surface area (Å²) in [5.74, 6) is -0.292. The van der Waals surface area contributed by atoms with Gasteiger partial charge in [0.2, 0.25) is 11.9 Å². The summed E-state index contributed by atoms with van der Waals surface area (Å²) in [5, 5.41) is 5.35. The first-order chi connectivity index (χ1) is 12.1. The molecule has 0 fully saturated rings. The van der Waals surface area contributed by atoms with Crippen LogP contribution in [0.5, 0.6) is 0 Å². The van der Waals surface area contributed by atoms with Crippen LogP contribution in [-0.4, -0.2) is 27.4 Å². The van der Waals surface area contributed by atoms with Crippen LogP contribution in [-0.2, 0) is 11.3 Å². The third kappa shape index (κ3) is 4.14. The Balaban J connectivity index is 1.61. The van der Waals surface area contributed by atoms with Gasteiger partial charge in [0.05, 0.1) is 18.4 Å². The van der Waals surface area contributed by atoms with Crippen molar-refractivity contribution in [1.82, 2.24) is 14.9 Å². The second kappa shape index (κ2) is 7.48. The molecule has 2 amide bonds. The fourth-order valence-corrected chi connectivity index (χ4v) is 2.30. The smallest absolute Gasteiger partial charge is 0.255 e. The van der Waals surface area contributed by atoms with Gasteiger partial charge >= 0.3 is 0 Å². The minimum atomic E-state index is -0.718. The molecule has 7 nitrogen and oxygen atoms in total. The predicted octanol–water partition coefficient (Wildman–Crippen LogP) is 2.28. The summed E-state index contributed by atoms with van der Waals surface area (Å²) in [6, 6.07) is 10.7. The highest BCUT2D eigenvalue weighted by molar-refractivity contribution is 6.00. The summed E-state index contributed by atoms with van der Waals surface area (Å²) < 4.78 is 6.69. The van der Waals surface area contributed by atoms with Gasteiger partial charge in [0, 0.05) is 12.4 Å². The number of hydrogen-bond donors (Lipinski definition) is 2. The molecular weight excluding hydrogens is 320 g/mol. The molecule has 2 heterocycles. The first-order valence-corrected chi connectivity index (χ1v) is 7.82. The number of imidazole rings is 1. The quantitative estimate of drug-likeness (QED) is 0.721. The van der Waals surface area contributed by atoms with Gasteiger partial charge in [0.1, 0.15) is 12.3 Å². The lowest BCUT2D eigenvalue weighted by atomic mass is 10.2. The summed E-state index contributed by atoms with van der Waals surface area (Å²) in [5.41, 5.74) is 1.46. The Kier molecular flexibility index (Phi) is 4.94. The maximum Gasteiger partial charge on any atom is 0.255 e. The molecule has 2 aromatic heterocycles. The minimum Gasteiger partial charge on any atom is -0.472 e. The molecule has 0 aliphatic carbocycles. The van der Waals surface area contributed by atoms with Crippen molar-refractivity contribution in [1.29, 1.82) is 0 Å². The second-order valence-electron chi connectivity index (χ2n) is 5.56. The van der Waals surface area contributed by atoms with E-state index in [1.54, 1.807) is 19.3 Å². The molecule has 1 atom stereocenters. The Bertz CT molecular complexity index is 840. The van der Waals surface area contributed by atoms with Gasteiger partial charge in [-0.1, -0.05) is 30.3 Å². The van der Waals surface area contributed by atoms with E-state index in [9.17, 15) is 9.59 Å². The Labute approximate surface area is 144 Å². The Morgan fingerprint density at radius 3 is 2.76 bits per heavy atom. The molecule has 0 bridgehead atoms. The standard InChI is InChI=1S/C18H18N4O3/c1-13(20-17(24)15-7-10-25-12-15)16(23)21-18-19-8-9-22(18)11-14-5-3-2-4-6-14/h2-10,12-13H,11H2,1H3,(H,20,24)(H,19,21,23)/t13-/m0/s1. The van der Waals surface area contributed by atoms with E-state index in [0.29, 0.717) is 18.1 Å². The van der Waals surface area contributed by atoms with Gasteiger partial charge in [0.25, 0.3) is 5.91 Å². The molecule has 128 valence electrons. The van der Waals surface area contributed by atoms with Gasteiger partial charge in [-0.15, -0.1) is 0 Å². The fourth-order valence-electron chi connectivity index (χ4n) is 2.30. The molecule has 3 aromatic rings. The SMILES string of the molecule is C[C@H](NC(=O)c1ccoc1)C(=O)Nc1nccn1Cc1ccccc1. The molecule has 7 heteroatoms. The Hall–Kier alpha value is -3.35. The topological polar surface area (TPSA) is 89.2 Å². The number of carbonyl (C=O) groups is 2. The van der Waals surface area contributed by atoms with E-state index in [2.05, 4.69) is 15.6 Å². The number of nitrogens with zero attached hydrogens (tertiary/aromatic N) is 2. The summed E-state index contributed by atoms with van der Waals surface area (Å²) in [6.07, 6.45) is 6.14. The van der Waals surface area contributed by atoms with Gasteiger partial charge < -0.3 is 14.3 Å². The van der Waals surface area contributed by atoms with Crippen molar-refractivity contribution in [2.75, 3.05) is 5.32 Å². The molecule has 0 saturated carbocycles. The molecule has 0 saturated heterocycles. The maximum absolute atomic E-state index is 12.3. The molecule has 0 radical (unpaired) electrons. The number of carbonyl (C=O) groups excluding carboxylic acids is 2. The van der Waals surface area contributed by atoms with E-state index >= 15 is 0 Å². The Morgan fingerprint density at radius 2 is 2.04 bits per heavy atom. The van der Waals surface area contributed by atoms with Crippen LogP contribution >= 0.6 is 0 Å². The van der Waals surface area contributed by atoms with E-state index in [0.717, 1.165) is 5.56 Å². The van der Waals surface area contributed by atoms with E-state index in [1.165, 1.54) is 18.6 Å². The monoisotopic (exact) mass is 338 g/mol. The number of furan rings is 1. The molecular formula is C18H18N4O3. The number of nitrogens with one attached hydrogen (secondary N) is 2. The fraction of sp³-hybridized carbons (Fsp3) is 0.167. The van der Waals surface area contributed by atoms with Crippen LogP contribution in [0.15, 0.2) is 65.7 Å². The van der Waals surface area contributed by atoms with Gasteiger partial charge in [-0.3, -0.25) is 14.9 Å². The maximum atomic E-state index is 12.3. The summed E-state index contributed by atoms with van der Waals surface area (Å²) >= 11 is 0. The van der Waals surface area contributed by atoms with Crippen LogP contribution < -0.4 is 10.6 Å². The number of benzene rings is 1. The summed E-state index contributed by atoms with van der Waals surface area (Å²) in [7, 11) is 0. The van der Waals surface area contributed by atoms with E-state index in [1.807, 2.05) is 34.9 Å². The molecule has 0 aliphatic heterocycles. The van der Waals surface area contributed by atoms with Gasteiger partial charge in [0.15, 0.2) is 0 Å². The molecule has 1 aromatic carbocycles. The number of anilines is 1. The molecule has 3 rings (SSSR count). The summed E-state index contributed by atoms with van der Waals surface area (Å²) in [4.78, 5) is 28.4. The van der Waals surface area contributed by atoms with Crippen molar-refractivity contribution in [3.8, 4) is 0 Å². The van der Waals surface area contributed by atoms with Crippen LogP contribution in [0.25, 0.3) is 0 Å². The average molecular weight is 338 g/mol. The molecule has 0 unspecified atom stereocenters. The normalized spacial score (nSPS) is 11.7. The van der Waals surface area contributed by atoms with Gasteiger partial charge in [-0.25, -0.2) is 4.98 Å². The van der Waals surface area contributed by atoms with E-state index in [4.69, 9.17) is 4.42 Å². The highest BCUT2D eigenvalue weighted by atomic mass is 16.3.